The van der Waals surface area contributed by atoms with E-state index in [9.17, 15) is 49.2 Å². The van der Waals surface area contributed by atoms with Gasteiger partial charge in [-0.3, -0.25) is 24.0 Å². The van der Waals surface area contributed by atoms with E-state index in [2.05, 4.69) is 16.0 Å². The van der Waals surface area contributed by atoms with Gasteiger partial charge >= 0.3 is 17.9 Å². The zero-order valence-electron chi connectivity index (χ0n) is 22.2. The van der Waals surface area contributed by atoms with E-state index < -0.39 is 79.1 Å². The monoisotopic (exact) mass is 588 g/mol. The maximum Gasteiger partial charge on any atom is 0.326 e. The third kappa shape index (κ3) is 11.1. The van der Waals surface area contributed by atoms with Gasteiger partial charge < -0.3 is 47.2 Å². The molecule has 0 aliphatic heterocycles. The van der Waals surface area contributed by atoms with Gasteiger partial charge in [-0.1, -0.05) is 24.3 Å². The van der Waals surface area contributed by atoms with Gasteiger partial charge in [0.15, 0.2) is 0 Å². The molecule has 10 N–H and O–H groups in total. The lowest BCUT2D eigenvalue weighted by Gasteiger charge is -2.24. The summed E-state index contributed by atoms with van der Waals surface area (Å²) in [7, 11) is 0. The minimum absolute atomic E-state index is 0.00788. The standard InChI is InChI=1S/C27H32N4O11/c28-18(11-14-1-5-16(32)6-2-14)24(38)30-20(13-23(36)37)26(40)29-19(9-10-22(34)35)25(39)31-21(27(41)42)12-15-3-7-17(33)8-4-15/h1-8,18-21,32-33H,9-13,28H2,(H,29,40)(H,30,38)(H,31,39)(H,34,35)(H,36,37)(H,41,42). The molecule has 42 heavy (non-hydrogen) atoms. The first-order chi connectivity index (χ1) is 19.7. The third-order valence-corrected chi connectivity index (χ3v) is 6.01. The topological polar surface area (TPSA) is 266 Å². The molecule has 226 valence electrons. The Hall–Kier alpha value is -5.18. The number of aliphatic carboxylic acids is 3. The highest BCUT2D eigenvalue weighted by Crippen LogP contribution is 2.13. The molecule has 0 heterocycles. The Morgan fingerprint density at radius 3 is 1.55 bits per heavy atom. The number of hydrogen-bond donors (Lipinski definition) is 9. The van der Waals surface area contributed by atoms with E-state index in [0.717, 1.165) is 0 Å². The van der Waals surface area contributed by atoms with E-state index in [4.69, 9.17) is 10.8 Å². The fourth-order valence-electron chi connectivity index (χ4n) is 3.79. The second-order valence-electron chi connectivity index (χ2n) is 9.40. The fourth-order valence-corrected chi connectivity index (χ4v) is 3.79. The molecule has 0 saturated carbocycles. The van der Waals surface area contributed by atoms with E-state index in [1.165, 1.54) is 48.5 Å². The van der Waals surface area contributed by atoms with Crippen LogP contribution in [0.25, 0.3) is 0 Å². The minimum Gasteiger partial charge on any atom is -0.508 e. The van der Waals surface area contributed by atoms with E-state index in [0.29, 0.717) is 11.1 Å². The van der Waals surface area contributed by atoms with Crippen LogP contribution in [-0.2, 0) is 41.6 Å². The summed E-state index contributed by atoms with van der Waals surface area (Å²) >= 11 is 0. The van der Waals surface area contributed by atoms with Crippen molar-refractivity contribution in [3.8, 4) is 11.5 Å². The first-order valence-corrected chi connectivity index (χ1v) is 12.6. The summed E-state index contributed by atoms with van der Waals surface area (Å²) in [5.41, 5.74) is 6.91. The minimum atomic E-state index is -1.71. The second-order valence-corrected chi connectivity index (χ2v) is 9.40. The zero-order valence-corrected chi connectivity index (χ0v) is 22.2. The first kappa shape index (κ1) is 33.0. The number of nitrogens with one attached hydrogen (secondary N) is 3. The second kappa shape index (κ2) is 15.6. The quantitative estimate of drug-likeness (QED) is 0.115. The van der Waals surface area contributed by atoms with Crippen LogP contribution < -0.4 is 21.7 Å². The number of aromatic hydroxyl groups is 2. The van der Waals surface area contributed by atoms with Crippen LogP contribution in [0, 0.1) is 0 Å². The number of carbonyl (C=O) groups is 6. The number of phenolic OH excluding ortho intramolecular Hbond substituents is 2. The lowest BCUT2D eigenvalue weighted by Crippen LogP contribution is -2.57. The molecule has 0 aliphatic rings. The van der Waals surface area contributed by atoms with Crippen molar-refractivity contribution in [2.75, 3.05) is 0 Å². The van der Waals surface area contributed by atoms with Crippen LogP contribution in [-0.4, -0.2) is 85.3 Å². The highest BCUT2D eigenvalue weighted by Gasteiger charge is 2.32. The third-order valence-electron chi connectivity index (χ3n) is 6.01. The Labute approximate surface area is 239 Å². The number of nitrogens with two attached hydrogens (primary N) is 1. The van der Waals surface area contributed by atoms with Gasteiger partial charge in [-0.05, 0) is 48.2 Å². The number of carboxylic acids is 3. The van der Waals surface area contributed by atoms with Crippen LogP contribution in [0.2, 0.25) is 0 Å². The van der Waals surface area contributed by atoms with E-state index >= 15 is 0 Å². The van der Waals surface area contributed by atoms with Gasteiger partial charge in [0.05, 0.1) is 12.5 Å². The molecule has 4 atom stereocenters. The van der Waals surface area contributed by atoms with E-state index in [1.54, 1.807) is 0 Å². The molecule has 3 amide bonds. The van der Waals surface area contributed by atoms with Gasteiger partial charge in [0.1, 0.15) is 29.6 Å². The number of rotatable bonds is 16. The molecule has 0 radical (unpaired) electrons. The predicted molar refractivity (Wildman–Crippen MR) is 144 cm³/mol. The lowest BCUT2D eigenvalue weighted by atomic mass is 10.0. The molecule has 0 saturated heterocycles. The van der Waals surface area contributed by atoms with Crippen molar-refractivity contribution in [3.63, 3.8) is 0 Å². The lowest BCUT2D eigenvalue weighted by molar-refractivity contribution is -0.143. The molecule has 2 aromatic carbocycles. The Morgan fingerprint density at radius 1 is 0.619 bits per heavy atom. The Morgan fingerprint density at radius 2 is 1.07 bits per heavy atom. The maximum absolute atomic E-state index is 13.0. The van der Waals surface area contributed by atoms with Crippen molar-refractivity contribution in [1.82, 2.24) is 16.0 Å². The Bertz CT molecular complexity index is 1280. The molecular weight excluding hydrogens is 556 g/mol. The van der Waals surface area contributed by atoms with Crippen LogP contribution in [0.15, 0.2) is 48.5 Å². The molecule has 0 aliphatic carbocycles. The number of amides is 3. The normalized spacial score (nSPS) is 13.5. The van der Waals surface area contributed by atoms with Gasteiger partial charge in [-0.25, -0.2) is 4.79 Å². The summed E-state index contributed by atoms with van der Waals surface area (Å²) in [6.07, 6.45) is -2.23. The van der Waals surface area contributed by atoms with Crippen molar-refractivity contribution in [2.45, 2.75) is 56.3 Å². The number of benzene rings is 2. The van der Waals surface area contributed by atoms with Gasteiger partial charge in [0.2, 0.25) is 17.7 Å². The predicted octanol–water partition coefficient (Wildman–Crippen LogP) is -0.911. The molecule has 15 heteroatoms. The van der Waals surface area contributed by atoms with E-state index in [1.807, 2.05) is 0 Å². The van der Waals surface area contributed by atoms with Crippen LogP contribution in [0.3, 0.4) is 0 Å². The molecular formula is C27H32N4O11. The average molecular weight is 589 g/mol. The Balaban J connectivity index is 2.16. The molecule has 0 fully saturated rings. The summed E-state index contributed by atoms with van der Waals surface area (Å²) in [6.45, 7) is 0. The summed E-state index contributed by atoms with van der Waals surface area (Å²) in [5.74, 6) is -7.39. The average Bonchev–Trinajstić information content (AvgIpc) is 2.91. The van der Waals surface area contributed by atoms with E-state index in [-0.39, 0.29) is 24.3 Å². The van der Waals surface area contributed by atoms with Gasteiger partial charge in [0.25, 0.3) is 0 Å². The molecule has 4 unspecified atom stereocenters. The summed E-state index contributed by atoms with van der Waals surface area (Å²) in [5, 5.41) is 53.4. The summed E-state index contributed by atoms with van der Waals surface area (Å²) in [4.78, 5) is 73.0. The smallest absolute Gasteiger partial charge is 0.326 e. The summed E-state index contributed by atoms with van der Waals surface area (Å²) < 4.78 is 0. The first-order valence-electron chi connectivity index (χ1n) is 12.6. The number of hydrogen-bond acceptors (Lipinski definition) is 9. The summed E-state index contributed by atoms with van der Waals surface area (Å²) in [6, 6.07) is 5.26. The number of carbonyl (C=O) groups excluding carboxylic acids is 3. The SMILES string of the molecule is NC(Cc1ccc(O)cc1)C(=O)NC(CC(=O)O)C(=O)NC(CCC(=O)O)C(=O)NC(Cc1ccc(O)cc1)C(=O)O. The number of phenols is 2. The van der Waals surface area contributed by atoms with Crippen molar-refractivity contribution < 1.29 is 54.3 Å². The van der Waals surface area contributed by atoms with Crippen LogP contribution in [0.4, 0.5) is 0 Å². The largest absolute Gasteiger partial charge is 0.508 e. The van der Waals surface area contributed by atoms with Crippen LogP contribution in [0.1, 0.15) is 30.4 Å². The number of carboxylic acid groups (broad SMARTS) is 3. The van der Waals surface area contributed by atoms with Crippen molar-refractivity contribution in [3.05, 3.63) is 59.7 Å². The maximum atomic E-state index is 13.0. The Kier molecular flexibility index (Phi) is 12.2. The molecule has 15 nitrogen and oxygen atoms in total. The zero-order chi connectivity index (χ0) is 31.4. The van der Waals surface area contributed by atoms with Gasteiger partial charge in [-0.15, -0.1) is 0 Å². The molecule has 0 bridgehead atoms. The molecule has 2 aromatic rings. The highest BCUT2D eigenvalue weighted by molar-refractivity contribution is 5.95. The molecule has 2 rings (SSSR count). The van der Waals surface area contributed by atoms with Crippen molar-refractivity contribution >= 4 is 35.6 Å². The fraction of sp³-hybridized carbons (Fsp3) is 0.333. The van der Waals surface area contributed by atoms with Gasteiger partial charge in [0, 0.05) is 12.8 Å². The van der Waals surface area contributed by atoms with Crippen molar-refractivity contribution in [1.29, 1.82) is 0 Å². The van der Waals surface area contributed by atoms with Crippen LogP contribution >= 0.6 is 0 Å². The molecule has 0 spiro atoms. The highest BCUT2D eigenvalue weighted by atomic mass is 16.4. The van der Waals surface area contributed by atoms with Crippen molar-refractivity contribution in [2.24, 2.45) is 5.73 Å². The molecule has 0 aromatic heterocycles. The van der Waals surface area contributed by atoms with Crippen LogP contribution in [0.5, 0.6) is 11.5 Å². The van der Waals surface area contributed by atoms with Gasteiger partial charge in [-0.2, -0.15) is 0 Å².